The maximum atomic E-state index is 12.8. The number of hydrogen-bond acceptors (Lipinski definition) is 5. The molecule has 3 rings (SSSR count). The second-order valence-electron chi connectivity index (χ2n) is 7.05. The number of rotatable bonds is 5. The Kier molecular flexibility index (Phi) is 6.24. The number of ether oxygens (including phenoxy) is 2. The summed E-state index contributed by atoms with van der Waals surface area (Å²) in [7, 11) is 1.63. The monoisotopic (exact) mass is 402 g/mol. The van der Waals surface area contributed by atoms with Crippen molar-refractivity contribution in [3.8, 4) is 21.9 Å². The molecule has 0 saturated heterocycles. The topological polar surface area (TPSA) is 67.9 Å². The van der Waals surface area contributed by atoms with Gasteiger partial charge in [-0.2, -0.15) is 0 Å². The number of fused-ring (bicyclic) bond motifs is 1. The SMILES string of the molecule is COc1cc(-c2ccc(C)s2)cc2c1OCCN(C(=O)C[C@@H](C)NC(C)=O)C2. The third-order valence-electron chi connectivity index (χ3n) is 4.63. The summed E-state index contributed by atoms with van der Waals surface area (Å²) in [4.78, 5) is 28.1. The van der Waals surface area contributed by atoms with E-state index < -0.39 is 0 Å². The molecule has 0 saturated carbocycles. The molecule has 0 aliphatic carbocycles. The van der Waals surface area contributed by atoms with Gasteiger partial charge in [0, 0.05) is 41.2 Å². The average molecular weight is 403 g/mol. The number of amides is 2. The summed E-state index contributed by atoms with van der Waals surface area (Å²) in [5.41, 5.74) is 1.98. The van der Waals surface area contributed by atoms with Gasteiger partial charge in [0.2, 0.25) is 11.8 Å². The van der Waals surface area contributed by atoms with Crippen LogP contribution in [0.1, 0.15) is 30.7 Å². The van der Waals surface area contributed by atoms with Crippen molar-refractivity contribution in [1.82, 2.24) is 10.2 Å². The maximum Gasteiger partial charge on any atom is 0.225 e. The van der Waals surface area contributed by atoms with Crippen molar-refractivity contribution in [2.75, 3.05) is 20.3 Å². The average Bonchev–Trinajstić information content (AvgIpc) is 2.95. The highest BCUT2D eigenvalue weighted by Crippen LogP contribution is 2.40. The minimum atomic E-state index is -0.205. The standard InChI is InChI=1S/C21H26N2O4S/c1-13(22-15(3)24)9-20(25)23-7-8-27-21-17(12-23)10-16(11-18(21)26-4)19-6-5-14(2)28-19/h5-6,10-11,13H,7-9,12H2,1-4H3,(H,22,24)/t13-/m1/s1. The quantitative estimate of drug-likeness (QED) is 0.833. The number of methoxy groups -OCH3 is 1. The fourth-order valence-electron chi connectivity index (χ4n) is 3.37. The van der Waals surface area contributed by atoms with E-state index in [1.54, 1.807) is 23.3 Å². The number of carbonyl (C=O) groups is 2. The molecule has 0 bridgehead atoms. The van der Waals surface area contributed by atoms with Crippen LogP contribution in [-0.2, 0) is 16.1 Å². The Bertz CT molecular complexity index is 877. The van der Waals surface area contributed by atoms with E-state index in [4.69, 9.17) is 9.47 Å². The molecular weight excluding hydrogens is 376 g/mol. The summed E-state index contributed by atoms with van der Waals surface area (Å²) in [5, 5.41) is 2.76. The highest BCUT2D eigenvalue weighted by atomic mass is 32.1. The first kappa shape index (κ1) is 20.2. The number of benzene rings is 1. The Hall–Kier alpha value is -2.54. The van der Waals surface area contributed by atoms with Crippen molar-refractivity contribution >= 4 is 23.2 Å². The third-order valence-corrected chi connectivity index (χ3v) is 5.68. The molecule has 2 heterocycles. The molecule has 150 valence electrons. The molecule has 28 heavy (non-hydrogen) atoms. The lowest BCUT2D eigenvalue weighted by Crippen LogP contribution is -2.39. The largest absolute Gasteiger partial charge is 0.493 e. The van der Waals surface area contributed by atoms with Gasteiger partial charge in [0.05, 0.1) is 13.7 Å². The predicted molar refractivity (Wildman–Crippen MR) is 110 cm³/mol. The van der Waals surface area contributed by atoms with E-state index in [0.717, 1.165) is 16.0 Å². The fourth-order valence-corrected chi connectivity index (χ4v) is 4.22. The van der Waals surface area contributed by atoms with Crippen molar-refractivity contribution < 1.29 is 19.1 Å². The predicted octanol–water partition coefficient (Wildman–Crippen LogP) is 3.37. The van der Waals surface area contributed by atoms with Gasteiger partial charge in [-0.25, -0.2) is 0 Å². The molecule has 1 aromatic heterocycles. The van der Waals surface area contributed by atoms with E-state index >= 15 is 0 Å². The molecule has 2 aromatic rings. The molecule has 1 aliphatic heterocycles. The normalized spacial score (nSPS) is 14.5. The summed E-state index contributed by atoms with van der Waals surface area (Å²) in [6.07, 6.45) is 0.260. The van der Waals surface area contributed by atoms with Gasteiger partial charge in [0.1, 0.15) is 6.61 Å². The Morgan fingerprint density at radius 2 is 2.14 bits per heavy atom. The van der Waals surface area contributed by atoms with E-state index in [2.05, 4.69) is 30.4 Å². The summed E-state index contributed by atoms with van der Waals surface area (Å²) < 4.78 is 11.5. The number of aryl methyl sites for hydroxylation is 1. The number of hydrogen-bond donors (Lipinski definition) is 1. The van der Waals surface area contributed by atoms with Crippen molar-refractivity contribution in [2.45, 2.75) is 39.8 Å². The highest BCUT2D eigenvalue weighted by molar-refractivity contribution is 7.15. The van der Waals surface area contributed by atoms with Crippen LogP contribution in [0.5, 0.6) is 11.5 Å². The summed E-state index contributed by atoms with van der Waals surface area (Å²) in [6, 6.07) is 8.04. The highest BCUT2D eigenvalue weighted by Gasteiger charge is 2.24. The summed E-state index contributed by atoms with van der Waals surface area (Å²) >= 11 is 1.72. The maximum absolute atomic E-state index is 12.8. The van der Waals surface area contributed by atoms with Crippen LogP contribution in [-0.4, -0.2) is 43.0 Å². The van der Waals surface area contributed by atoms with Crippen molar-refractivity contribution in [3.05, 3.63) is 34.7 Å². The molecule has 0 radical (unpaired) electrons. The van der Waals surface area contributed by atoms with Crippen molar-refractivity contribution in [2.24, 2.45) is 0 Å². The Morgan fingerprint density at radius 1 is 1.36 bits per heavy atom. The van der Waals surface area contributed by atoms with Crippen LogP contribution in [0.4, 0.5) is 0 Å². The zero-order valence-electron chi connectivity index (χ0n) is 16.7. The van der Waals surface area contributed by atoms with Crippen LogP contribution >= 0.6 is 11.3 Å². The van der Waals surface area contributed by atoms with E-state index in [0.29, 0.717) is 31.2 Å². The Morgan fingerprint density at radius 3 is 2.79 bits per heavy atom. The van der Waals surface area contributed by atoms with Crippen LogP contribution in [0.2, 0.25) is 0 Å². The summed E-state index contributed by atoms with van der Waals surface area (Å²) in [5.74, 6) is 1.24. The molecule has 1 aliphatic rings. The minimum Gasteiger partial charge on any atom is -0.493 e. The zero-order chi connectivity index (χ0) is 20.3. The number of nitrogens with zero attached hydrogens (tertiary/aromatic N) is 1. The molecule has 7 heteroatoms. The first-order chi connectivity index (χ1) is 13.4. The molecule has 0 fully saturated rings. The molecule has 6 nitrogen and oxygen atoms in total. The molecule has 1 N–H and O–H groups in total. The zero-order valence-corrected chi connectivity index (χ0v) is 17.5. The summed E-state index contributed by atoms with van der Waals surface area (Å²) in [6.45, 7) is 6.72. The van der Waals surface area contributed by atoms with Gasteiger partial charge in [0.25, 0.3) is 0 Å². The minimum absolute atomic E-state index is 0.00552. The smallest absolute Gasteiger partial charge is 0.225 e. The lowest BCUT2D eigenvalue weighted by Gasteiger charge is -2.22. The first-order valence-corrected chi connectivity index (χ1v) is 10.1. The van der Waals surface area contributed by atoms with E-state index in [9.17, 15) is 9.59 Å². The van der Waals surface area contributed by atoms with Gasteiger partial charge in [-0.1, -0.05) is 0 Å². The van der Waals surface area contributed by atoms with Gasteiger partial charge >= 0.3 is 0 Å². The van der Waals surface area contributed by atoms with Gasteiger partial charge in [-0.05, 0) is 43.7 Å². The first-order valence-electron chi connectivity index (χ1n) is 9.32. The number of nitrogens with one attached hydrogen (secondary N) is 1. The molecule has 2 amide bonds. The van der Waals surface area contributed by atoms with Crippen LogP contribution in [0.3, 0.4) is 0 Å². The van der Waals surface area contributed by atoms with Gasteiger partial charge in [-0.15, -0.1) is 11.3 Å². The second kappa shape index (κ2) is 8.65. The lowest BCUT2D eigenvalue weighted by molar-refractivity contribution is -0.132. The van der Waals surface area contributed by atoms with Crippen molar-refractivity contribution in [3.63, 3.8) is 0 Å². The molecule has 1 atom stereocenters. The van der Waals surface area contributed by atoms with Crippen LogP contribution in [0, 0.1) is 6.92 Å². The molecule has 0 unspecified atom stereocenters. The molecular formula is C21H26N2O4S. The lowest BCUT2D eigenvalue weighted by atomic mass is 10.1. The van der Waals surface area contributed by atoms with E-state index in [-0.39, 0.29) is 24.3 Å². The fraction of sp³-hybridized carbons (Fsp3) is 0.429. The van der Waals surface area contributed by atoms with Crippen LogP contribution in [0.15, 0.2) is 24.3 Å². The second-order valence-corrected chi connectivity index (χ2v) is 8.33. The molecule has 1 aromatic carbocycles. The van der Waals surface area contributed by atoms with Gasteiger partial charge in [-0.3, -0.25) is 9.59 Å². The molecule has 0 spiro atoms. The van der Waals surface area contributed by atoms with Crippen LogP contribution in [0.25, 0.3) is 10.4 Å². The van der Waals surface area contributed by atoms with Crippen molar-refractivity contribution in [1.29, 1.82) is 0 Å². The Labute approximate surface area is 169 Å². The Balaban J connectivity index is 1.86. The number of carbonyl (C=O) groups excluding carboxylic acids is 2. The van der Waals surface area contributed by atoms with E-state index in [1.165, 1.54) is 11.8 Å². The number of thiophene rings is 1. The van der Waals surface area contributed by atoms with Gasteiger partial charge < -0.3 is 19.7 Å². The van der Waals surface area contributed by atoms with Crippen LogP contribution < -0.4 is 14.8 Å². The third kappa shape index (κ3) is 4.65. The van der Waals surface area contributed by atoms with Gasteiger partial charge in [0.15, 0.2) is 11.5 Å². The van der Waals surface area contributed by atoms with E-state index in [1.807, 2.05) is 13.0 Å².